The number of fused-ring (bicyclic) bond motifs is 1. The molecule has 0 bridgehead atoms. The van der Waals surface area contributed by atoms with E-state index in [-0.39, 0.29) is 17.0 Å². The molecule has 2 aromatic heterocycles. The Hall–Kier alpha value is -2.11. The van der Waals surface area contributed by atoms with Crippen LogP contribution in [-0.4, -0.2) is 20.1 Å². The van der Waals surface area contributed by atoms with Crippen LogP contribution in [0.25, 0.3) is 5.65 Å². The van der Waals surface area contributed by atoms with E-state index >= 15 is 0 Å². The maximum atomic E-state index is 12.2. The average molecular weight is 248 g/mol. The third kappa shape index (κ3) is 2.01. The minimum Gasteiger partial charge on any atom is -0.365 e. The van der Waals surface area contributed by atoms with E-state index in [1.165, 1.54) is 10.7 Å². The van der Waals surface area contributed by atoms with Gasteiger partial charge in [0.1, 0.15) is 11.2 Å². The molecule has 0 aliphatic rings. The van der Waals surface area contributed by atoms with Crippen LogP contribution in [0.1, 0.15) is 29.9 Å². The number of aromatic nitrogens is 3. The van der Waals surface area contributed by atoms with E-state index < -0.39 is 5.91 Å². The highest BCUT2D eigenvalue weighted by molar-refractivity contribution is 5.92. The number of primary amides is 1. The lowest BCUT2D eigenvalue weighted by atomic mass is 10.2. The highest BCUT2D eigenvalue weighted by Crippen LogP contribution is 2.08. The monoisotopic (exact) mass is 248 g/mol. The number of hydrogen-bond donors (Lipinski definition) is 1. The molecule has 0 unspecified atom stereocenters. The lowest BCUT2D eigenvalue weighted by Crippen LogP contribution is -2.32. The smallest absolute Gasteiger partial charge is 0.266 e. The number of hydrogen-bond acceptors (Lipinski definition) is 3. The molecule has 6 heteroatoms. The van der Waals surface area contributed by atoms with Gasteiger partial charge in [0, 0.05) is 18.8 Å². The minimum atomic E-state index is -0.729. The van der Waals surface area contributed by atoms with Gasteiger partial charge >= 0.3 is 0 Å². The lowest BCUT2D eigenvalue weighted by molar-refractivity contribution is 0.0997. The van der Waals surface area contributed by atoms with Crippen LogP contribution >= 0.6 is 0 Å². The Morgan fingerprint density at radius 1 is 1.50 bits per heavy atom. The van der Waals surface area contributed by atoms with Crippen LogP contribution in [0, 0.1) is 12.8 Å². The summed E-state index contributed by atoms with van der Waals surface area (Å²) in [6.07, 6.45) is 1.39. The van der Waals surface area contributed by atoms with Gasteiger partial charge in [0.05, 0.1) is 5.69 Å². The van der Waals surface area contributed by atoms with Crippen LogP contribution in [0.4, 0.5) is 0 Å². The Kier molecular flexibility index (Phi) is 2.94. The van der Waals surface area contributed by atoms with Crippen LogP contribution in [-0.2, 0) is 6.54 Å². The van der Waals surface area contributed by atoms with Crippen molar-refractivity contribution in [3.63, 3.8) is 0 Å². The molecule has 0 saturated carbocycles. The molecule has 0 spiro atoms. The Morgan fingerprint density at radius 3 is 2.72 bits per heavy atom. The summed E-state index contributed by atoms with van der Waals surface area (Å²) in [7, 11) is 0. The van der Waals surface area contributed by atoms with Gasteiger partial charge in [0.15, 0.2) is 0 Å². The van der Waals surface area contributed by atoms with Crippen molar-refractivity contribution in [2.45, 2.75) is 27.3 Å². The van der Waals surface area contributed by atoms with Crippen molar-refractivity contribution in [3.8, 4) is 0 Å². The van der Waals surface area contributed by atoms with Gasteiger partial charge in [0.25, 0.3) is 11.5 Å². The molecule has 2 aromatic rings. The second kappa shape index (κ2) is 4.29. The zero-order valence-corrected chi connectivity index (χ0v) is 10.7. The first-order valence-electron chi connectivity index (χ1n) is 5.79. The average Bonchev–Trinajstić information content (AvgIpc) is 2.62. The topological polar surface area (TPSA) is 82.4 Å². The van der Waals surface area contributed by atoms with Gasteiger partial charge in [-0.3, -0.25) is 14.2 Å². The summed E-state index contributed by atoms with van der Waals surface area (Å²) in [5.74, 6) is -0.447. The third-order valence-corrected chi connectivity index (χ3v) is 2.65. The molecule has 1 amide bonds. The van der Waals surface area contributed by atoms with E-state index in [2.05, 4.69) is 5.10 Å². The molecule has 18 heavy (non-hydrogen) atoms. The van der Waals surface area contributed by atoms with Crippen molar-refractivity contribution in [2.75, 3.05) is 0 Å². The first-order chi connectivity index (χ1) is 8.40. The van der Waals surface area contributed by atoms with Crippen molar-refractivity contribution in [1.29, 1.82) is 0 Å². The maximum absolute atomic E-state index is 12.2. The molecule has 0 radical (unpaired) electrons. The largest absolute Gasteiger partial charge is 0.365 e. The molecule has 6 nitrogen and oxygen atoms in total. The predicted molar refractivity (Wildman–Crippen MR) is 67.5 cm³/mol. The van der Waals surface area contributed by atoms with Crippen molar-refractivity contribution >= 4 is 11.6 Å². The molecule has 0 saturated heterocycles. The number of aryl methyl sites for hydroxylation is 1. The summed E-state index contributed by atoms with van der Waals surface area (Å²) in [6.45, 7) is 6.36. The van der Waals surface area contributed by atoms with Crippen molar-refractivity contribution in [1.82, 2.24) is 14.2 Å². The van der Waals surface area contributed by atoms with Crippen molar-refractivity contribution < 1.29 is 4.79 Å². The number of rotatable bonds is 3. The summed E-state index contributed by atoms with van der Waals surface area (Å²) in [5.41, 5.74) is 6.29. The number of nitrogens with two attached hydrogens (primary N) is 1. The van der Waals surface area contributed by atoms with E-state index in [4.69, 9.17) is 5.73 Å². The van der Waals surface area contributed by atoms with Gasteiger partial charge in [-0.1, -0.05) is 13.8 Å². The summed E-state index contributed by atoms with van der Waals surface area (Å²) in [6, 6.07) is 1.81. The molecular formula is C12H16N4O2. The van der Waals surface area contributed by atoms with Crippen molar-refractivity contribution in [2.24, 2.45) is 11.7 Å². The van der Waals surface area contributed by atoms with Crippen LogP contribution in [0.15, 0.2) is 17.1 Å². The van der Waals surface area contributed by atoms with E-state index in [1.807, 2.05) is 26.8 Å². The SMILES string of the molecule is Cc1cc2n(CC(C)C)c(=O)c(C(N)=O)cn2n1. The predicted octanol–water partition coefficient (Wildman–Crippen LogP) is 0.559. The molecular weight excluding hydrogens is 232 g/mol. The zero-order chi connectivity index (χ0) is 13.4. The molecule has 96 valence electrons. The molecule has 0 aromatic carbocycles. The molecule has 2 heterocycles. The third-order valence-electron chi connectivity index (χ3n) is 2.65. The van der Waals surface area contributed by atoms with E-state index in [1.54, 1.807) is 4.57 Å². The Balaban J connectivity index is 2.80. The maximum Gasteiger partial charge on any atom is 0.266 e. The van der Waals surface area contributed by atoms with Crippen LogP contribution in [0.2, 0.25) is 0 Å². The van der Waals surface area contributed by atoms with Crippen LogP contribution in [0.3, 0.4) is 0 Å². The fourth-order valence-corrected chi connectivity index (χ4v) is 1.94. The summed E-state index contributed by atoms with van der Waals surface area (Å²) in [5, 5.41) is 4.21. The Morgan fingerprint density at radius 2 is 2.17 bits per heavy atom. The standard InChI is InChI=1S/C12H16N4O2/c1-7(2)5-15-10-4-8(3)14-16(10)6-9(11(13)17)12(15)18/h4,6-7H,5H2,1-3H3,(H2,13,17). The van der Waals surface area contributed by atoms with Gasteiger partial charge in [-0.2, -0.15) is 5.10 Å². The molecule has 2 rings (SSSR count). The fourth-order valence-electron chi connectivity index (χ4n) is 1.94. The molecule has 0 atom stereocenters. The highest BCUT2D eigenvalue weighted by atomic mass is 16.2. The molecule has 0 aliphatic carbocycles. The first kappa shape index (κ1) is 12.3. The summed E-state index contributed by atoms with van der Waals surface area (Å²) >= 11 is 0. The number of nitrogens with zero attached hydrogens (tertiary/aromatic N) is 3. The quantitative estimate of drug-likeness (QED) is 0.861. The van der Waals surface area contributed by atoms with Gasteiger partial charge in [-0.05, 0) is 12.8 Å². The van der Waals surface area contributed by atoms with E-state index in [0.717, 1.165) is 5.69 Å². The van der Waals surface area contributed by atoms with Crippen molar-refractivity contribution in [3.05, 3.63) is 33.9 Å². The lowest BCUT2D eigenvalue weighted by Gasteiger charge is -2.11. The Bertz CT molecular complexity index is 667. The van der Waals surface area contributed by atoms with Crippen LogP contribution < -0.4 is 11.3 Å². The van der Waals surface area contributed by atoms with Gasteiger partial charge in [-0.15, -0.1) is 0 Å². The number of amides is 1. The fraction of sp³-hybridized carbons (Fsp3) is 0.417. The molecule has 2 N–H and O–H groups in total. The number of carbonyl (C=O) groups excluding carboxylic acids is 1. The molecule has 0 aliphatic heterocycles. The highest BCUT2D eigenvalue weighted by Gasteiger charge is 2.15. The summed E-state index contributed by atoms with van der Waals surface area (Å²) < 4.78 is 3.07. The normalized spacial score (nSPS) is 11.3. The van der Waals surface area contributed by atoms with Gasteiger partial charge < -0.3 is 5.73 Å². The second-order valence-corrected chi connectivity index (χ2v) is 4.81. The van der Waals surface area contributed by atoms with E-state index in [0.29, 0.717) is 12.2 Å². The first-order valence-corrected chi connectivity index (χ1v) is 5.79. The Labute approximate surface area is 104 Å². The van der Waals surface area contributed by atoms with E-state index in [9.17, 15) is 9.59 Å². The van der Waals surface area contributed by atoms with Crippen LogP contribution in [0.5, 0.6) is 0 Å². The number of carbonyl (C=O) groups is 1. The minimum absolute atomic E-state index is 0.0359. The molecule has 0 fully saturated rings. The zero-order valence-electron chi connectivity index (χ0n) is 10.7. The second-order valence-electron chi connectivity index (χ2n) is 4.81. The summed E-state index contributed by atoms with van der Waals surface area (Å²) in [4.78, 5) is 23.5. The van der Waals surface area contributed by atoms with Gasteiger partial charge in [-0.25, -0.2) is 4.52 Å². The van der Waals surface area contributed by atoms with Gasteiger partial charge in [0.2, 0.25) is 0 Å².